The third kappa shape index (κ3) is 5.38. The van der Waals surface area contributed by atoms with Crippen LogP contribution in [0.3, 0.4) is 0 Å². The van der Waals surface area contributed by atoms with Gasteiger partial charge in [0.1, 0.15) is 0 Å². The number of carbonyl (C=O) groups excluding carboxylic acids is 1. The molecule has 1 heterocycles. The third-order valence-electron chi connectivity index (χ3n) is 6.14. The highest BCUT2D eigenvalue weighted by Crippen LogP contribution is 2.30. The van der Waals surface area contributed by atoms with Crippen molar-refractivity contribution in [3.05, 3.63) is 23.8 Å². The van der Waals surface area contributed by atoms with Crippen molar-refractivity contribution in [2.45, 2.75) is 56.8 Å². The van der Waals surface area contributed by atoms with Gasteiger partial charge in [0.15, 0.2) is 0 Å². The molecule has 3 rings (SSSR count). The molecule has 0 bridgehead atoms. The summed E-state index contributed by atoms with van der Waals surface area (Å²) < 4.78 is 28.8. The van der Waals surface area contributed by atoms with Crippen LogP contribution in [0.5, 0.6) is 0 Å². The van der Waals surface area contributed by atoms with Crippen molar-refractivity contribution in [3.63, 3.8) is 0 Å². The molecular formula is C22H35N3O3S. The number of hydrogen-bond donors (Lipinski definition) is 0. The molecular weight excluding hydrogens is 386 g/mol. The molecule has 2 aliphatic rings. The molecule has 6 nitrogen and oxygen atoms in total. The fourth-order valence-electron chi connectivity index (χ4n) is 4.43. The Morgan fingerprint density at radius 1 is 1.07 bits per heavy atom. The van der Waals surface area contributed by atoms with E-state index in [9.17, 15) is 13.2 Å². The zero-order chi connectivity index (χ0) is 21.0. The molecule has 1 saturated heterocycles. The Bertz CT molecular complexity index is 817. The van der Waals surface area contributed by atoms with Crippen LogP contribution in [0.4, 0.5) is 5.69 Å². The summed E-state index contributed by atoms with van der Waals surface area (Å²) in [5.41, 5.74) is 1.51. The van der Waals surface area contributed by atoms with Gasteiger partial charge in [-0.1, -0.05) is 19.3 Å². The van der Waals surface area contributed by atoms with Crippen LogP contribution in [0.1, 0.15) is 50.5 Å². The van der Waals surface area contributed by atoms with Gasteiger partial charge in [0.05, 0.1) is 4.90 Å². The Hall–Kier alpha value is -1.44. The third-order valence-corrected chi connectivity index (χ3v) is 8.17. The number of rotatable bonds is 8. The molecule has 1 amide bonds. The van der Waals surface area contributed by atoms with Crippen LogP contribution in [0.25, 0.3) is 0 Å². The minimum absolute atomic E-state index is 0.116. The molecule has 2 fully saturated rings. The van der Waals surface area contributed by atoms with Crippen LogP contribution < -0.4 is 4.90 Å². The first-order chi connectivity index (χ1) is 13.8. The van der Waals surface area contributed by atoms with Crippen molar-refractivity contribution in [2.24, 2.45) is 5.92 Å². The second-order valence-corrected chi connectivity index (χ2v) is 10.7. The average molecular weight is 422 g/mol. The Balaban J connectivity index is 1.84. The number of hydrogen-bond acceptors (Lipinski definition) is 4. The lowest BCUT2D eigenvalue weighted by atomic mass is 9.89. The molecule has 7 heteroatoms. The van der Waals surface area contributed by atoms with Crippen molar-refractivity contribution >= 4 is 21.6 Å². The molecule has 0 N–H and O–H groups in total. The van der Waals surface area contributed by atoms with E-state index >= 15 is 0 Å². The molecule has 0 unspecified atom stereocenters. The first kappa shape index (κ1) is 22.2. The normalized spacial score (nSPS) is 18.9. The van der Waals surface area contributed by atoms with Crippen LogP contribution >= 0.6 is 0 Å². The van der Waals surface area contributed by atoms with Crippen LogP contribution in [0.15, 0.2) is 23.1 Å². The lowest BCUT2D eigenvalue weighted by molar-refractivity contribution is -0.117. The number of likely N-dealkylation sites (N-methyl/N-ethyl adjacent to an activating group) is 1. The number of carbonyl (C=O) groups is 1. The Morgan fingerprint density at radius 3 is 2.38 bits per heavy atom. The van der Waals surface area contributed by atoms with Crippen molar-refractivity contribution < 1.29 is 13.2 Å². The van der Waals surface area contributed by atoms with Crippen LogP contribution in [-0.2, 0) is 14.8 Å². The number of amides is 1. The summed E-state index contributed by atoms with van der Waals surface area (Å²) in [6, 6.07) is 5.32. The van der Waals surface area contributed by atoms with Crippen LogP contribution in [0, 0.1) is 12.8 Å². The molecule has 1 aromatic rings. The summed E-state index contributed by atoms with van der Waals surface area (Å²) in [6.07, 6.45) is 7.31. The molecule has 0 radical (unpaired) electrons. The van der Waals surface area contributed by atoms with E-state index in [1.165, 1.54) is 19.3 Å². The Kier molecular flexibility index (Phi) is 7.35. The molecule has 29 heavy (non-hydrogen) atoms. The van der Waals surface area contributed by atoms with Crippen LogP contribution in [-0.4, -0.2) is 63.8 Å². The zero-order valence-electron chi connectivity index (χ0n) is 18.1. The largest absolute Gasteiger partial charge is 0.312 e. The van der Waals surface area contributed by atoms with Gasteiger partial charge in [-0.2, -0.15) is 4.31 Å². The highest BCUT2D eigenvalue weighted by Gasteiger charge is 2.30. The topological polar surface area (TPSA) is 60.9 Å². The monoisotopic (exact) mass is 421 g/mol. The molecule has 162 valence electrons. The Morgan fingerprint density at radius 2 is 1.79 bits per heavy atom. The minimum Gasteiger partial charge on any atom is -0.312 e. The summed E-state index contributed by atoms with van der Waals surface area (Å²) in [5, 5.41) is 0. The van der Waals surface area contributed by atoms with E-state index in [4.69, 9.17) is 0 Å². The molecule has 1 aliphatic heterocycles. The number of benzene rings is 1. The van der Waals surface area contributed by atoms with Crippen LogP contribution in [0.2, 0.25) is 0 Å². The fourth-order valence-corrected chi connectivity index (χ4v) is 6.14. The molecule has 1 saturated carbocycles. The number of nitrogens with zero attached hydrogens (tertiary/aromatic N) is 3. The standard InChI is InChI=1S/C22H35N3O3S/c1-18-16-20(25-13-7-10-22(25)26)11-12-21(18)29(27,28)24(15-14-23(2)3)17-19-8-5-4-6-9-19/h11-12,16,19H,4-10,13-15,17H2,1-3H3. The van der Waals surface area contributed by atoms with Gasteiger partial charge < -0.3 is 9.80 Å². The van der Waals surface area contributed by atoms with E-state index in [0.29, 0.717) is 49.0 Å². The van der Waals surface area contributed by atoms with Crippen molar-refractivity contribution in [3.8, 4) is 0 Å². The molecule has 0 atom stereocenters. The lowest BCUT2D eigenvalue weighted by Gasteiger charge is -2.30. The fraction of sp³-hybridized carbons (Fsp3) is 0.682. The van der Waals surface area contributed by atoms with Gasteiger partial charge in [-0.3, -0.25) is 4.79 Å². The summed E-state index contributed by atoms with van der Waals surface area (Å²) in [6.45, 7) is 4.34. The van der Waals surface area contributed by atoms with Crippen molar-refractivity contribution in [2.75, 3.05) is 45.2 Å². The Labute approximate surface area is 175 Å². The maximum absolute atomic E-state index is 13.6. The van der Waals surface area contributed by atoms with Gasteiger partial charge >= 0.3 is 0 Å². The highest BCUT2D eigenvalue weighted by molar-refractivity contribution is 7.89. The lowest BCUT2D eigenvalue weighted by Crippen LogP contribution is -2.40. The quantitative estimate of drug-likeness (QED) is 0.646. The SMILES string of the molecule is Cc1cc(N2CCCC2=O)ccc1S(=O)(=O)N(CCN(C)C)CC1CCCCC1. The summed E-state index contributed by atoms with van der Waals surface area (Å²) >= 11 is 0. The zero-order valence-corrected chi connectivity index (χ0v) is 18.9. The summed E-state index contributed by atoms with van der Waals surface area (Å²) in [4.78, 5) is 16.2. The smallest absolute Gasteiger partial charge is 0.243 e. The second kappa shape index (κ2) is 9.58. The number of sulfonamides is 1. The predicted molar refractivity (Wildman–Crippen MR) is 117 cm³/mol. The van der Waals surface area contributed by atoms with Crippen molar-refractivity contribution in [1.29, 1.82) is 0 Å². The van der Waals surface area contributed by atoms with E-state index in [-0.39, 0.29) is 5.91 Å². The predicted octanol–water partition coefficient (Wildman–Crippen LogP) is 3.25. The molecule has 0 spiro atoms. The van der Waals surface area contributed by atoms with E-state index in [2.05, 4.69) is 0 Å². The minimum atomic E-state index is -3.58. The summed E-state index contributed by atoms with van der Waals surface area (Å²) in [7, 11) is 0.364. The molecule has 1 aliphatic carbocycles. The molecule has 0 aromatic heterocycles. The van der Waals surface area contributed by atoms with Gasteiger partial charge in [-0.25, -0.2) is 8.42 Å². The molecule has 1 aromatic carbocycles. The van der Waals surface area contributed by atoms with E-state index in [1.807, 2.05) is 32.0 Å². The summed E-state index contributed by atoms with van der Waals surface area (Å²) in [5.74, 6) is 0.562. The van der Waals surface area contributed by atoms with Gasteiger partial charge in [0.2, 0.25) is 15.9 Å². The first-order valence-corrected chi connectivity index (χ1v) is 12.3. The second-order valence-electron chi connectivity index (χ2n) is 8.77. The maximum atomic E-state index is 13.6. The van der Waals surface area contributed by atoms with Gasteiger partial charge in [-0.05, 0) is 70.0 Å². The average Bonchev–Trinajstić information content (AvgIpc) is 3.11. The van der Waals surface area contributed by atoms with Gasteiger partial charge in [0, 0.05) is 38.3 Å². The number of aryl methyl sites for hydroxylation is 1. The first-order valence-electron chi connectivity index (χ1n) is 10.8. The van der Waals surface area contributed by atoms with E-state index < -0.39 is 10.0 Å². The number of anilines is 1. The highest BCUT2D eigenvalue weighted by atomic mass is 32.2. The van der Waals surface area contributed by atoms with Crippen molar-refractivity contribution in [1.82, 2.24) is 9.21 Å². The maximum Gasteiger partial charge on any atom is 0.243 e. The van der Waals surface area contributed by atoms with Gasteiger partial charge in [-0.15, -0.1) is 0 Å². The van der Waals surface area contributed by atoms with Gasteiger partial charge in [0.25, 0.3) is 0 Å². The van der Waals surface area contributed by atoms with E-state index in [0.717, 1.165) is 24.9 Å². The van der Waals surface area contributed by atoms with E-state index in [1.54, 1.807) is 21.3 Å².